The highest BCUT2D eigenvalue weighted by Crippen LogP contribution is 2.27. The van der Waals surface area contributed by atoms with Crippen molar-refractivity contribution >= 4 is 27.5 Å². The predicted molar refractivity (Wildman–Crippen MR) is 84.8 cm³/mol. The molecule has 3 heterocycles. The maximum Gasteiger partial charge on any atom is 0.257 e. The normalized spacial score (nSPS) is 18.4. The lowest BCUT2D eigenvalue weighted by atomic mass is 10.1. The minimum absolute atomic E-state index is 0.0923. The molecular weight excluding hydrogens is 264 g/mol. The zero-order chi connectivity index (χ0) is 14.2. The van der Waals surface area contributed by atoms with Crippen molar-refractivity contribution in [1.29, 1.82) is 0 Å². The van der Waals surface area contributed by atoms with Gasteiger partial charge in [0.1, 0.15) is 5.65 Å². The number of benzene rings is 1. The maximum absolute atomic E-state index is 12.1. The quantitative estimate of drug-likeness (QED) is 0.627. The summed E-state index contributed by atoms with van der Waals surface area (Å²) < 4.78 is 0. The van der Waals surface area contributed by atoms with Gasteiger partial charge in [-0.05, 0) is 25.1 Å². The average Bonchev–Trinajstić information content (AvgIpc) is 3.00. The fourth-order valence-electron chi connectivity index (χ4n) is 3.02. The largest absolute Gasteiger partial charge is 0.380 e. The molecule has 0 amide bonds. The second-order valence-electron chi connectivity index (χ2n) is 5.42. The van der Waals surface area contributed by atoms with Crippen LogP contribution in [0.25, 0.3) is 21.8 Å². The predicted octanol–water partition coefficient (Wildman–Crippen LogP) is 1.85. The Hall–Kier alpha value is -2.40. The molecule has 1 aliphatic heterocycles. The van der Waals surface area contributed by atoms with Crippen LogP contribution >= 0.6 is 0 Å². The van der Waals surface area contributed by atoms with Crippen molar-refractivity contribution in [3.8, 4) is 0 Å². The van der Waals surface area contributed by atoms with Gasteiger partial charge >= 0.3 is 0 Å². The molecule has 2 aromatic heterocycles. The van der Waals surface area contributed by atoms with E-state index in [9.17, 15) is 4.79 Å². The van der Waals surface area contributed by atoms with Gasteiger partial charge in [-0.2, -0.15) is 0 Å². The Morgan fingerprint density at radius 1 is 1.19 bits per heavy atom. The summed E-state index contributed by atoms with van der Waals surface area (Å²) >= 11 is 0. The van der Waals surface area contributed by atoms with Crippen LogP contribution in [0.2, 0.25) is 0 Å². The van der Waals surface area contributed by atoms with Gasteiger partial charge in [0.15, 0.2) is 0 Å². The van der Waals surface area contributed by atoms with Gasteiger partial charge in [-0.15, -0.1) is 0 Å². The van der Waals surface area contributed by atoms with E-state index in [4.69, 9.17) is 0 Å². The molecule has 21 heavy (non-hydrogen) atoms. The van der Waals surface area contributed by atoms with Crippen molar-refractivity contribution in [3.63, 3.8) is 0 Å². The molecule has 0 radical (unpaired) electrons. The lowest BCUT2D eigenvalue weighted by Gasteiger charge is -2.15. The summed E-state index contributed by atoms with van der Waals surface area (Å²) in [5, 5.41) is 9.55. The summed E-state index contributed by atoms with van der Waals surface area (Å²) in [6.45, 7) is 2.00. The Morgan fingerprint density at radius 3 is 2.86 bits per heavy atom. The van der Waals surface area contributed by atoms with Crippen molar-refractivity contribution in [3.05, 3.63) is 46.9 Å². The highest BCUT2D eigenvalue weighted by Gasteiger charge is 2.16. The molecule has 5 nitrogen and oxygen atoms in total. The molecule has 0 spiro atoms. The van der Waals surface area contributed by atoms with E-state index in [-0.39, 0.29) is 5.56 Å². The monoisotopic (exact) mass is 280 g/mol. The molecular formula is C16H16N4O. The van der Waals surface area contributed by atoms with E-state index >= 15 is 0 Å². The van der Waals surface area contributed by atoms with E-state index in [0.29, 0.717) is 17.1 Å². The highest BCUT2D eigenvalue weighted by molar-refractivity contribution is 6.10. The number of nitrogens with zero attached hydrogens (tertiary/aromatic N) is 1. The Kier molecular flexibility index (Phi) is 2.86. The molecule has 106 valence electrons. The zero-order valence-electron chi connectivity index (χ0n) is 11.5. The SMILES string of the molecule is O=c1[nH]c2nccc(NC3CCNC3)c2c2ccccc12. The van der Waals surface area contributed by atoms with Crippen LogP contribution in [-0.2, 0) is 0 Å². The van der Waals surface area contributed by atoms with E-state index in [0.717, 1.165) is 36.0 Å². The molecule has 3 aromatic rings. The van der Waals surface area contributed by atoms with Gasteiger partial charge in [0.2, 0.25) is 0 Å². The van der Waals surface area contributed by atoms with E-state index in [2.05, 4.69) is 20.6 Å². The maximum atomic E-state index is 12.1. The van der Waals surface area contributed by atoms with E-state index in [1.807, 2.05) is 30.3 Å². The van der Waals surface area contributed by atoms with Crippen LogP contribution in [0.5, 0.6) is 0 Å². The summed E-state index contributed by atoms with van der Waals surface area (Å²) in [5.41, 5.74) is 1.57. The number of hydrogen-bond donors (Lipinski definition) is 3. The van der Waals surface area contributed by atoms with Crippen molar-refractivity contribution in [2.75, 3.05) is 18.4 Å². The Morgan fingerprint density at radius 2 is 2.05 bits per heavy atom. The number of aromatic nitrogens is 2. The zero-order valence-corrected chi connectivity index (χ0v) is 11.5. The van der Waals surface area contributed by atoms with Crippen molar-refractivity contribution in [1.82, 2.24) is 15.3 Å². The van der Waals surface area contributed by atoms with E-state index < -0.39 is 0 Å². The van der Waals surface area contributed by atoms with Gasteiger partial charge in [-0.1, -0.05) is 18.2 Å². The van der Waals surface area contributed by atoms with Crippen LogP contribution in [0, 0.1) is 0 Å². The average molecular weight is 280 g/mol. The molecule has 0 bridgehead atoms. The molecule has 1 aromatic carbocycles. The van der Waals surface area contributed by atoms with Crippen LogP contribution in [0.3, 0.4) is 0 Å². The van der Waals surface area contributed by atoms with Crippen LogP contribution in [-0.4, -0.2) is 29.1 Å². The fraction of sp³-hybridized carbons (Fsp3) is 0.250. The lowest BCUT2D eigenvalue weighted by molar-refractivity contribution is 0.794. The first-order valence-corrected chi connectivity index (χ1v) is 7.20. The number of aromatic amines is 1. The van der Waals surface area contributed by atoms with Gasteiger partial charge in [-0.25, -0.2) is 4.98 Å². The molecule has 4 rings (SSSR count). The minimum atomic E-state index is -0.0923. The number of fused-ring (bicyclic) bond motifs is 3. The topological polar surface area (TPSA) is 69.8 Å². The Balaban J connectivity index is 1.98. The van der Waals surface area contributed by atoms with Crippen molar-refractivity contribution < 1.29 is 0 Å². The molecule has 0 saturated carbocycles. The number of anilines is 1. The Labute approximate surface area is 121 Å². The summed E-state index contributed by atoms with van der Waals surface area (Å²) in [7, 11) is 0. The first-order chi connectivity index (χ1) is 10.3. The third-order valence-electron chi connectivity index (χ3n) is 4.04. The summed E-state index contributed by atoms with van der Waals surface area (Å²) in [6.07, 6.45) is 2.84. The number of pyridine rings is 2. The van der Waals surface area contributed by atoms with Crippen LogP contribution in [0.15, 0.2) is 41.3 Å². The van der Waals surface area contributed by atoms with Gasteiger partial charge < -0.3 is 15.6 Å². The third kappa shape index (κ3) is 2.06. The van der Waals surface area contributed by atoms with Crippen LogP contribution in [0.4, 0.5) is 5.69 Å². The molecule has 1 aliphatic rings. The van der Waals surface area contributed by atoms with Crippen molar-refractivity contribution in [2.45, 2.75) is 12.5 Å². The fourth-order valence-corrected chi connectivity index (χ4v) is 3.02. The van der Waals surface area contributed by atoms with Gasteiger partial charge in [0.05, 0.1) is 0 Å². The molecule has 1 saturated heterocycles. The summed E-state index contributed by atoms with van der Waals surface area (Å²) in [6, 6.07) is 10.1. The van der Waals surface area contributed by atoms with E-state index in [1.54, 1.807) is 6.20 Å². The second-order valence-corrected chi connectivity index (χ2v) is 5.42. The minimum Gasteiger partial charge on any atom is -0.380 e. The first-order valence-electron chi connectivity index (χ1n) is 7.20. The number of rotatable bonds is 2. The highest BCUT2D eigenvalue weighted by atomic mass is 16.1. The van der Waals surface area contributed by atoms with E-state index in [1.165, 1.54) is 0 Å². The smallest absolute Gasteiger partial charge is 0.257 e. The number of hydrogen-bond acceptors (Lipinski definition) is 4. The standard InChI is InChI=1S/C16H16N4O/c21-16-12-4-2-1-3-11(12)14-13(6-8-18-15(14)20-16)19-10-5-7-17-9-10/h1-4,6,8,10,17H,5,7,9H2,(H2,18,19,20,21). The molecule has 3 N–H and O–H groups in total. The van der Waals surface area contributed by atoms with Gasteiger partial charge in [-0.3, -0.25) is 4.79 Å². The number of nitrogens with one attached hydrogen (secondary N) is 3. The molecule has 1 unspecified atom stereocenters. The van der Waals surface area contributed by atoms with Gasteiger partial charge in [0, 0.05) is 40.6 Å². The number of H-pyrrole nitrogens is 1. The summed E-state index contributed by atoms with van der Waals surface area (Å²) in [5.74, 6) is 0. The third-order valence-corrected chi connectivity index (χ3v) is 4.04. The first kappa shape index (κ1) is 12.3. The molecule has 1 fully saturated rings. The summed E-state index contributed by atoms with van der Waals surface area (Å²) in [4.78, 5) is 19.3. The molecule has 0 aliphatic carbocycles. The van der Waals surface area contributed by atoms with Gasteiger partial charge in [0.25, 0.3) is 5.56 Å². The van der Waals surface area contributed by atoms with Crippen LogP contribution in [0.1, 0.15) is 6.42 Å². The van der Waals surface area contributed by atoms with Crippen LogP contribution < -0.4 is 16.2 Å². The van der Waals surface area contributed by atoms with Crippen molar-refractivity contribution in [2.24, 2.45) is 0 Å². The molecule has 1 atom stereocenters. The lowest BCUT2D eigenvalue weighted by Crippen LogP contribution is -2.22. The Bertz CT molecular complexity index is 865. The second kappa shape index (κ2) is 4.86. The molecule has 5 heteroatoms.